The van der Waals surface area contributed by atoms with Gasteiger partial charge in [0.05, 0.1) is 0 Å². The Morgan fingerprint density at radius 1 is 1.38 bits per heavy atom. The number of nitrogens with zero attached hydrogens (tertiary/aromatic N) is 3. The predicted octanol–water partition coefficient (Wildman–Crippen LogP) is 2.25. The molecular formula is C12H14ClN3. The SMILES string of the molecule is CN1C2C=CC(c3ccnnc3Cl)C1CC2. The van der Waals surface area contributed by atoms with Gasteiger partial charge in [0.1, 0.15) is 0 Å². The summed E-state index contributed by atoms with van der Waals surface area (Å²) < 4.78 is 0. The highest BCUT2D eigenvalue weighted by molar-refractivity contribution is 6.30. The van der Waals surface area contributed by atoms with Gasteiger partial charge in [0.15, 0.2) is 5.15 Å². The van der Waals surface area contributed by atoms with Crippen LogP contribution >= 0.6 is 11.6 Å². The monoisotopic (exact) mass is 235 g/mol. The van der Waals surface area contributed by atoms with Crippen molar-refractivity contribution < 1.29 is 0 Å². The number of likely N-dealkylation sites (N-methyl/N-ethyl adjacent to an activating group) is 1. The zero-order valence-electron chi connectivity index (χ0n) is 9.18. The lowest BCUT2D eigenvalue weighted by molar-refractivity contribution is 0.241. The first kappa shape index (κ1) is 10.2. The molecule has 1 aromatic rings. The van der Waals surface area contributed by atoms with Gasteiger partial charge in [0.2, 0.25) is 0 Å². The minimum atomic E-state index is 0.367. The second-order valence-corrected chi connectivity index (χ2v) is 4.92. The van der Waals surface area contributed by atoms with Gasteiger partial charge in [-0.2, -0.15) is 5.10 Å². The lowest BCUT2D eigenvalue weighted by Gasteiger charge is -2.33. The van der Waals surface area contributed by atoms with Crippen LogP contribution in [0.25, 0.3) is 0 Å². The number of hydrogen-bond donors (Lipinski definition) is 0. The second kappa shape index (κ2) is 3.82. The molecule has 0 amide bonds. The summed E-state index contributed by atoms with van der Waals surface area (Å²) in [5.74, 6) is 0.367. The summed E-state index contributed by atoms with van der Waals surface area (Å²) in [6, 6.07) is 3.17. The van der Waals surface area contributed by atoms with E-state index in [1.54, 1.807) is 6.20 Å². The van der Waals surface area contributed by atoms with Gasteiger partial charge in [-0.05, 0) is 26.0 Å². The summed E-state index contributed by atoms with van der Waals surface area (Å²) in [4.78, 5) is 2.45. The number of rotatable bonds is 1. The molecule has 0 spiro atoms. The summed E-state index contributed by atoms with van der Waals surface area (Å²) in [5.41, 5.74) is 1.10. The third-order valence-electron chi connectivity index (χ3n) is 3.82. The first-order valence-corrected chi connectivity index (χ1v) is 6.02. The summed E-state index contributed by atoms with van der Waals surface area (Å²) in [6.07, 6.45) is 8.79. The first-order valence-electron chi connectivity index (χ1n) is 5.64. The molecule has 0 N–H and O–H groups in total. The van der Waals surface area contributed by atoms with Gasteiger partial charge in [0.25, 0.3) is 0 Å². The molecule has 3 nitrogen and oxygen atoms in total. The Hall–Kier alpha value is -0.930. The molecule has 3 rings (SSSR count). The van der Waals surface area contributed by atoms with Gasteiger partial charge >= 0.3 is 0 Å². The molecule has 2 aliphatic rings. The lowest BCUT2D eigenvalue weighted by atomic mass is 9.90. The largest absolute Gasteiger partial charge is 0.296 e. The smallest absolute Gasteiger partial charge is 0.155 e. The standard InChI is InChI=1S/C12H14ClN3/c1-16-8-2-4-9(11(16)5-3-8)10-6-7-14-15-12(10)13/h2,4,6-9,11H,3,5H2,1H3. The molecule has 3 unspecified atom stereocenters. The minimum absolute atomic E-state index is 0.367. The van der Waals surface area contributed by atoms with Crippen LogP contribution in [-0.4, -0.2) is 34.2 Å². The van der Waals surface area contributed by atoms with Crippen LogP contribution in [0.15, 0.2) is 24.4 Å². The first-order chi connectivity index (χ1) is 7.77. The van der Waals surface area contributed by atoms with E-state index in [1.807, 2.05) is 6.07 Å². The number of aromatic nitrogens is 2. The fraction of sp³-hybridized carbons (Fsp3) is 0.500. The number of halogens is 1. The minimum Gasteiger partial charge on any atom is -0.296 e. The van der Waals surface area contributed by atoms with Gasteiger partial charge < -0.3 is 0 Å². The van der Waals surface area contributed by atoms with Crippen molar-refractivity contribution in [2.75, 3.05) is 7.05 Å². The number of fused-ring (bicyclic) bond motifs is 2. The van der Waals surface area contributed by atoms with Crippen LogP contribution in [0.5, 0.6) is 0 Å². The van der Waals surface area contributed by atoms with Crippen molar-refractivity contribution >= 4 is 11.6 Å². The van der Waals surface area contributed by atoms with Crippen LogP contribution in [0.1, 0.15) is 24.3 Å². The molecule has 84 valence electrons. The lowest BCUT2D eigenvalue weighted by Crippen LogP contribution is -2.38. The number of hydrogen-bond acceptors (Lipinski definition) is 3. The molecule has 0 saturated carbocycles. The van der Waals surface area contributed by atoms with Crippen LogP contribution in [0.3, 0.4) is 0 Å². The molecule has 1 saturated heterocycles. The van der Waals surface area contributed by atoms with Gasteiger partial charge in [-0.15, -0.1) is 5.10 Å². The van der Waals surface area contributed by atoms with E-state index < -0.39 is 0 Å². The fourth-order valence-corrected chi connectivity index (χ4v) is 3.15. The highest BCUT2D eigenvalue weighted by Gasteiger charge is 2.38. The van der Waals surface area contributed by atoms with E-state index in [0.717, 1.165) is 5.56 Å². The summed E-state index contributed by atoms with van der Waals surface area (Å²) in [5, 5.41) is 8.26. The molecule has 1 fully saturated rings. The molecule has 0 radical (unpaired) electrons. The van der Waals surface area contributed by atoms with Gasteiger partial charge in [-0.1, -0.05) is 23.8 Å². The third kappa shape index (κ3) is 1.46. The van der Waals surface area contributed by atoms with Crippen LogP contribution < -0.4 is 0 Å². The normalized spacial score (nSPS) is 33.2. The predicted molar refractivity (Wildman–Crippen MR) is 63.5 cm³/mol. The Kier molecular flexibility index (Phi) is 2.45. The highest BCUT2D eigenvalue weighted by Crippen LogP contribution is 2.40. The summed E-state index contributed by atoms with van der Waals surface area (Å²) >= 11 is 6.12. The molecule has 1 aromatic heterocycles. The maximum atomic E-state index is 6.12. The maximum absolute atomic E-state index is 6.12. The molecule has 3 atom stereocenters. The van der Waals surface area contributed by atoms with Crippen LogP contribution in [0, 0.1) is 0 Å². The Bertz CT molecular complexity index is 432. The molecule has 0 aromatic carbocycles. The van der Waals surface area contributed by atoms with Crippen LogP contribution in [-0.2, 0) is 0 Å². The summed E-state index contributed by atoms with van der Waals surface area (Å²) in [6.45, 7) is 0. The average molecular weight is 236 g/mol. The van der Waals surface area contributed by atoms with Crippen LogP contribution in [0.2, 0.25) is 5.15 Å². The van der Waals surface area contributed by atoms with Crippen molar-refractivity contribution in [2.24, 2.45) is 0 Å². The van der Waals surface area contributed by atoms with Crippen LogP contribution in [0.4, 0.5) is 0 Å². The molecular weight excluding hydrogens is 222 g/mol. The van der Waals surface area contributed by atoms with Crippen molar-refractivity contribution in [2.45, 2.75) is 30.8 Å². The van der Waals surface area contributed by atoms with E-state index in [2.05, 4.69) is 34.3 Å². The van der Waals surface area contributed by atoms with E-state index >= 15 is 0 Å². The zero-order chi connectivity index (χ0) is 11.1. The van der Waals surface area contributed by atoms with E-state index in [4.69, 9.17) is 11.6 Å². The van der Waals surface area contributed by atoms with E-state index in [-0.39, 0.29) is 0 Å². The molecule has 0 aliphatic carbocycles. The zero-order valence-corrected chi connectivity index (χ0v) is 9.93. The summed E-state index contributed by atoms with van der Waals surface area (Å²) in [7, 11) is 2.20. The molecule has 2 bridgehead atoms. The van der Waals surface area contributed by atoms with Crippen molar-refractivity contribution in [3.63, 3.8) is 0 Å². The Morgan fingerprint density at radius 2 is 2.25 bits per heavy atom. The molecule has 16 heavy (non-hydrogen) atoms. The van der Waals surface area contributed by atoms with E-state index in [0.29, 0.717) is 23.2 Å². The van der Waals surface area contributed by atoms with E-state index in [1.165, 1.54) is 12.8 Å². The topological polar surface area (TPSA) is 29.0 Å². The second-order valence-electron chi connectivity index (χ2n) is 4.57. The Labute approximate surface area is 100 Å². The third-order valence-corrected chi connectivity index (χ3v) is 4.12. The van der Waals surface area contributed by atoms with E-state index in [9.17, 15) is 0 Å². The van der Waals surface area contributed by atoms with Crippen molar-refractivity contribution in [3.05, 3.63) is 35.1 Å². The molecule has 3 heterocycles. The molecule has 2 aliphatic heterocycles. The highest BCUT2D eigenvalue weighted by atomic mass is 35.5. The average Bonchev–Trinajstić information content (AvgIpc) is 2.52. The fourth-order valence-electron chi connectivity index (χ4n) is 2.92. The van der Waals surface area contributed by atoms with Crippen molar-refractivity contribution in [1.82, 2.24) is 15.1 Å². The molecule has 4 heteroatoms. The maximum Gasteiger partial charge on any atom is 0.155 e. The van der Waals surface area contributed by atoms with Gasteiger partial charge in [0, 0.05) is 29.8 Å². The Morgan fingerprint density at radius 3 is 3.06 bits per heavy atom. The quantitative estimate of drug-likeness (QED) is 0.700. The van der Waals surface area contributed by atoms with Gasteiger partial charge in [-0.25, -0.2) is 0 Å². The van der Waals surface area contributed by atoms with Gasteiger partial charge in [-0.3, -0.25) is 4.90 Å². The Balaban J connectivity index is 2.00. The van der Waals surface area contributed by atoms with Crippen molar-refractivity contribution in [1.29, 1.82) is 0 Å². The van der Waals surface area contributed by atoms with Crippen molar-refractivity contribution in [3.8, 4) is 0 Å².